The molecule has 110 valence electrons. The van der Waals surface area contributed by atoms with Crippen LogP contribution < -0.4 is 5.32 Å². The van der Waals surface area contributed by atoms with Crippen LogP contribution >= 0.6 is 11.6 Å². The van der Waals surface area contributed by atoms with Crippen molar-refractivity contribution >= 4 is 23.2 Å². The van der Waals surface area contributed by atoms with E-state index in [4.69, 9.17) is 11.6 Å². The van der Waals surface area contributed by atoms with E-state index >= 15 is 0 Å². The largest absolute Gasteiger partial charge is 0.325 e. The van der Waals surface area contributed by atoms with Crippen molar-refractivity contribution in [1.29, 1.82) is 0 Å². The van der Waals surface area contributed by atoms with E-state index in [1.54, 1.807) is 12.1 Å². The molecule has 1 fully saturated rings. The van der Waals surface area contributed by atoms with Gasteiger partial charge in [-0.2, -0.15) is 0 Å². The summed E-state index contributed by atoms with van der Waals surface area (Å²) in [7, 11) is 0. The Morgan fingerprint density at radius 3 is 2.35 bits per heavy atom. The number of halogens is 1. The van der Waals surface area contributed by atoms with Gasteiger partial charge < -0.3 is 5.32 Å². The van der Waals surface area contributed by atoms with Gasteiger partial charge in [-0.3, -0.25) is 9.69 Å². The molecule has 3 unspecified atom stereocenters. The Kier molecular flexibility index (Phi) is 5.06. The number of amides is 1. The Bertz CT molecular complexity index is 450. The second-order valence-electron chi connectivity index (χ2n) is 6.07. The fourth-order valence-electron chi connectivity index (χ4n) is 2.97. The fourth-order valence-corrected chi connectivity index (χ4v) is 3.10. The Morgan fingerprint density at radius 1 is 1.25 bits per heavy atom. The molecule has 0 bridgehead atoms. The van der Waals surface area contributed by atoms with Crippen molar-refractivity contribution < 1.29 is 4.79 Å². The van der Waals surface area contributed by atoms with Crippen LogP contribution in [0.15, 0.2) is 24.3 Å². The SMILES string of the molecule is CC1CC(C)CN(C(C)C(=O)Nc2ccc(Cl)cc2)C1. The highest BCUT2D eigenvalue weighted by atomic mass is 35.5. The second kappa shape index (κ2) is 6.59. The molecule has 3 atom stereocenters. The highest BCUT2D eigenvalue weighted by Crippen LogP contribution is 2.23. The topological polar surface area (TPSA) is 32.3 Å². The van der Waals surface area contributed by atoms with Crippen molar-refractivity contribution in [3.63, 3.8) is 0 Å². The van der Waals surface area contributed by atoms with Gasteiger partial charge in [0, 0.05) is 23.8 Å². The van der Waals surface area contributed by atoms with Gasteiger partial charge in [0.2, 0.25) is 5.91 Å². The van der Waals surface area contributed by atoms with Crippen molar-refractivity contribution in [2.75, 3.05) is 18.4 Å². The van der Waals surface area contributed by atoms with Gasteiger partial charge in [-0.05, 0) is 49.4 Å². The molecule has 3 nitrogen and oxygen atoms in total. The lowest BCUT2D eigenvalue weighted by molar-refractivity contribution is -0.121. The zero-order chi connectivity index (χ0) is 14.7. The maximum Gasteiger partial charge on any atom is 0.241 e. The van der Waals surface area contributed by atoms with E-state index in [2.05, 4.69) is 24.1 Å². The molecule has 1 aliphatic heterocycles. The lowest BCUT2D eigenvalue weighted by Crippen LogP contribution is -2.48. The third-order valence-corrected chi connectivity index (χ3v) is 4.19. The zero-order valence-corrected chi connectivity index (χ0v) is 13.2. The van der Waals surface area contributed by atoms with Gasteiger partial charge in [0.15, 0.2) is 0 Å². The monoisotopic (exact) mass is 294 g/mol. The van der Waals surface area contributed by atoms with Crippen LogP contribution in [0.5, 0.6) is 0 Å². The fraction of sp³-hybridized carbons (Fsp3) is 0.562. The highest BCUT2D eigenvalue weighted by Gasteiger charge is 2.28. The van der Waals surface area contributed by atoms with Crippen molar-refractivity contribution in [3.8, 4) is 0 Å². The molecule has 1 aromatic carbocycles. The smallest absolute Gasteiger partial charge is 0.241 e. The summed E-state index contributed by atoms with van der Waals surface area (Å²) in [5.74, 6) is 1.36. The molecule has 0 aromatic heterocycles. The maximum absolute atomic E-state index is 12.3. The first-order valence-electron chi connectivity index (χ1n) is 7.26. The molecule has 1 saturated heterocycles. The van der Waals surface area contributed by atoms with E-state index in [1.165, 1.54) is 6.42 Å². The van der Waals surface area contributed by atoms with E-state index in [0.717, 1.165) is 18.8 Å². The van der Waals surface area contributed by atoms with Crippen LogP contribution in [0.1, 0.15) is 27.2 Å². The molecule has 1 heterocycles. The molecule has 0 spiro atoms. The summed E-state index contributed by atoms with van der Waals surface area (Å²) in [6.45, 7) is 8.49. The summed E-state index contributed by atoms with van der Waals surface area (Å²) >= 11 is 5.84. The van der Waals surface area contributed by atoms with Crippen LogP contribution in [0.2, 0.25) is 5.02 Å². The predicted molar refractivity (Wildman–Crippen MR) is 84.1 cm³/mol. The van der Waals surface area contributed by atoms with E-state index in [1.807, 2.05) is 19.1 Å². The Labute approximate surface area is 126 Å². The standard InChI is InChI=1S/C16H23ClN2O/c1-11-8-12(2)10-19(9-11)13(3)16(20)18-15-6-4-14(17)5-7-15/h4-7,11-13H,8-10H2,1-3H3,(H,18,20). The number of carbonyl (C=O) groups is 1. The van der Waals surface area contributed by atoms with Gasteiger partial charge in [-0.1, -0.05) is 25.4 Å². The van der Waals surface area contributed by atoms with Crippen molar-refractivity contribution in [2.24, 2.45) is 11.8 Å². The Morgan fingerprint density at radius 2 is 1.80 bits per heavy atom. The Balaban J connectivity index is 1.96. The van der Waals surface area contributed by atoms with Crippen LogP contribution in [0, 0.1) is 11.8 Å². The summed E-state index contributed by atoms with van der Waals surface area (Å²) in [5.41, 5.74) is 0.796. The molecule has 2 rings (SSSR count). The molecule has 0 radical (unpaired) electrons. The molecule has 0 saturated carbocycles. The third-order valence-electron chi connectivity index (χ3n) is 3.94. The average molecular weight is 295 g/mol. The van der Waals surface area contributed by atoms with Gasteiger partial charge in [0.05, 0.1) is 6.04 Å². The molecular formula is C16H23ClN2O. The quantitative estimate of drug-likeness (QED) is 0.923. The Hall–Kier alpha value is -1.06. The van der Waals surface area contributed by atoms with Crippen molar-refractivity contribution in [2.45, 2.75) is 33.2 Å². The van der Waals surface area contributed by atoms with Crippen LogP contribution in [-0.4, -0.2) is 29.9 Å². The molecular weight excluding hydrogens is 272 g/mol. The maximum atomic E-state index is 12.3. The van der Waals surface area contributed by atoms with Crippen LogP contribution in [0.25, 0.3) is 0 Å². The van der Waals surface area contributed by atoms with Gasteiger partial charge in [-0.15, -0.1) is 0 Å². The molecule has 1 N–H and O–H groups in total. The highest BCUT2D eigenvalue weighted by molar-refractivity contribution is 6.30. The number of benzene rings is 1. The number of nitrogens with zero attached hydrogens (tertiary/aromatic N) is 1. The molecule has 0 aliphatic carbocycles. The predicted octanol–water partition coefficient (Wildman–Crippen LogP) is 3.64. The van der Waals surface area contributed by atoms with Gasteiger partial charge in [0.25, 0.3) is 0 Å². The second-order valence-corrected chi connectivity index (χ2v) is 6.51. The first-order chi connectivity index (χ1) is 9.45. The minimum atomic E-state index is -0.101. The molecule has 1 aromatic rings. The lowest BCUT2D eigenvalue weighted by atomic mass is 9.91. The summed E-state index contributed by atoms with van der Waals surface area (Å²) < 4.78 is 0. The van der Waals surface area contributed by atoms with Crippen LogP contribution in [0.4, 0.5) is 5.69 Å². The van der Waals surface area contributed by atoms with Gasteiger partial charge in [0.1, 0.15) is 0 Å². The minimum Gasteiger partial charge on any atom is -0.325 e. The molecule has 1 amide bonds. The minimum absolute atomic E-state index is 0.0497. The van der Waals surface area contributed by atoms with Crippen molar-refractivity contribution in [1.82, 2.24) is 4.90 Å². The first kappa shape index (κ1) is 15.3. The number of hydrogen-bond donors (Lipinski definition) is 1. The summed E-state index contributed by atoms with van der Waals surface area (Å²) in [5, 5.41) is 3.63. The van der Waals surface area contributed by atoms with Gasteiger partial charge >= 0.3 is 0 Å². The number of hydrogen-bond acceptors (Lipinski definition) is 2. The van der Waals surface area contributed by atoms with Gasteiger partial charge in [-0.25, -0.2) is 0 Å². The van der Waals surface area contributed by atoms with Crippen molar-refractivity contribution in [3.05, 3.63) is 29.3 Å². The zero-order valence-electron chi connectivity index (χ0n) is 12.4. The van der Waals surface area contributed by atoms with Crippen LogP contribution in [-0.2, 0) is 4.79 Å². The number of piperidine rings is 1. The third kappa shape index (κ3) is 3.97. The molecule has 4 heteroatoms. The number of rotatable bonds is 3. The average Bonchev–Trinajstić information content (AvgIpc) is 2.39. The molecule has 1 aliphatic rings. The summed E-state index contributed by atoms with van der Waals surface area (Å²) in [4.78, 5) is 14.6. The summed E-state index contributed by atoms with van der Waals surface area (Å²) in [6.07, 6.45) is 1.25. The van der Waals surface area contributed by atoms with Crippen LogP contribution in [0.3, 0.4) is 0 Å². The lowest BCUT2D eigenvalue weighted by Gasteiger charge is -2.38. The first-order valence-corrected chi connectivity index (χ1v) is 7.64. The molecule has 20 heavy (non-hydrogen) atoms. The van der Waals surface area contributed by atoms with E-state index in [9.17, 15) is 4.79 Å². The van der Waals surface area contributed by atoms with E-state index in [-0.39, 0.29) is 11.9 Å². The number of nitrogens with one attached hydrogen (secondary N) is 1. The number of likely N-dealkylation sites (tertiary alicyclic amines) is 1. The number of carbonyl (C=O) groups excluding carboxylic acids is 1. The summed E-state index contributed by atoms with van der Waals surface area (Å²) in [6, 6.07) is 7.12. The van der Waals surface area contributed by atoms with E-state index in [0.29, 0.717) is 16.9 Å². The normalized spacial score (nSPS) is 25.2. The van der Waals surface area contributed by atoms with E-state index < -0.39 is 0 Å². The number of anilines is 1.